The minimum Gasteiger partial charge on any atom is -0.486 e. The molecule has 0 unspecified atom stereocenters. The monoisotopic (exact) mass is 290 g/mol. The second-order valence-corrected chi connectivity index (χ2v) is 5.64. The Kier molecular flexibility index (Phi) is 4.48. The predicted octanol–water partition coefficient (Wildman–Crippen LogP) is 2.59. The third kappa shape index (κ3) is 3.80. The molecule has 114 valence electrons. The molecule has 0 spiro atoms. The maximum absolute atomic E-state index is 11.9. The molecule has 1 aromatic carbocycles. The Balaban J connectivity index is 1.49. The number of amides is 2. The maximum Gasteiger partial charge on any atom is 0.315 e. The molecule has 1 aliphatic heterocycles. The molecule has 5 heteroatoms. The summed E-state index contributed by atoms with van der Waals surface area (Å²) >= 11 is 0. The topological polar surface area (TPSA) is 59.6 Å². The number of carbonyl (C=O) groups is 1. The van der Waals surface area contributed by atoms with Gasteiger partial charge in [-0.3, -0.25) is 0 Å². The number of fused-ring (bicyclic) bond motifs is 1. The van der Waals surface area contributed by atoms with Gasteiger partial charge in [-0.25, -0.2) is 4.79 Å². The van der Waals surface area contributed by atoms with Crippen molar-refractivity contribution in [2.24, 2.45) is 0 Å². The summed E-state index contributed by atoms with van der Waals surface area (Å²) in [5.74, 6) is 1.53. The number of hydrogen-bond acceptors (Lipinski definition) is 3. The number of ether oxygens (including phenoxy) is 2. The van der Waals surface area contributed by atoms with Crippen molar-refractivity contribution < 1.29 is 14.3 Å². The number of rotatable bonds is 3. The Hall–Kier alpha value is -1.91. The maximum atomic E-state index is 11.9. The van der Waals surface area contributed by atoms with Gasteiger partial charge in [0.15, 0.2) is 11.5 Å². The van der Waals surface area contributed by atoms with Gasteiger partial charge in [-0.05, 0) is 30.5 Å². The molecule has 1 saturated carbocycles. The van der Waals surface area contributed by atoms with Crippen molar-refractivity contribution in [1.29, 1.82) is 0 Å². The first-order chi connectivity index (χ1) is 10.3. The highest BCUT2D eigenvalue weighted by atomic mass is 16.6. The fraction of sp³-hybridized carbons (Fsp3) is 0.562. The van der Waals surface area contributed by atoms with E-state index in [9.17, 15) is 4.79 Å². The molecule has 0 saturated heterocycles. The van der Waals surface area contributed by atoms with E-state index in [0.717, 1.165) is 29.9 Å². The zero-order valence-corrected chi connectivity index (χ0v) is 12.2. The molecule has 2 N–H and O–H groups in total. The highest BCUT2D eigenvalue weighted by Gasteiger charge is 2.16. The number of carbonyl (C=O) groups excluding carboxylic acids is 1. The van der Waals surface area contributed by atoms with Crippen LogP contribution in [0.3, 0.4) is 0 Å². The van der Waals surface area contributed by atoms with Gasteiger partial charge in [0.2, 0.25) is 0 Å². The lowest BCUT2D eigenvalue weighted by molar-refractivity contribution is 0.171. The average Bonchev–Trinajstić information content (AvgIpc) is 2.54. The molecule has 1 heterocycles. The molecule has 0 radical (unpaired) electrons. The summed E-state index contributed by atoms with van der Waals surface area (Å²) in [4.78, 5) is 11.9. The summed E-state index contributed by atoms with van der Waals surface area (Å²) in [6, 6.07) is 6.02. The van der Waals surface area contributed by atoms with Gasteiger partial charge in [0, 0.05) is 12.6 Å². The van der Waals surface area contributed by atoms with Crippen LogP contribution in [0.1, 0.15) is 37.7 Å². The lowest BCUT2D eigenvalue weighted by atomic mass is 9.96. The Morgan fingerprint density at radius 1 is 1.10 bits per heavy atom. The first-order valence-corrected chi connectivity index (χ1v) is 7.74. The van der Waals surface area contributed by atoms with Crippen LogP contribution in [0, 0.1) is 0 Å². The Bertz CT molecular complexity index is 498. The summed E-state index contributed by atoms with van der Waals surface area (Å²) in [6.45, 7) is 1.66. The van der Waals surface area contributed by atoms with Crippen LogP contribution in [0.4, 0.5) is 4.79 Å². The van der Waals surface area contributed by atoms with Crippen LogP contribution in [-0.4, -0.2) is 25.3 Å². The number of nitrogens with one attached hydrogen (secondary N) is 2. The van der Waals surface area contributed by atoms with Crippen molar-refractivity contribution in [3.05, 3.63) is 23.8 Å². The molecule has 1 aliphatic carbocycles. The first kappa shape index (κ1) is 14.0. The van der Waals surface area contributed by atoms with Gasteiger partial charge in [-0.2, -0.15) is 0 Å². The molecule has 2 aliphatic rings. The quantitative estimate of drug-likeness (QED) is 0.899. The van der Waals surface area contributed by atoms with Gasteiger partial charge < -0.3 is 20.1 Å². The van der Waals surface area contributed by atoms with Crippen LogP contribution in [0.15, 0.2) is 18.2 Å². The zero-order chi connectivity index (χ0) is 14.5. The van der Waals surface area contributed by atoms with Crippen LogP contribution < -0.4 is 20.1 Å². The van der Waals surface area contributed by atoms with Gasteiger partial charge in [-0.1, -0.05) is 25.3 Å². The minimum absolute atomic E-state index is 0.0863. The van der Waals surface area contributed by atoms with E-state index in [-0.39, 0.29) is 6.03 Å². The molecule has 2 amide bonds. The summed E-state index contributed by atoms with van der Waals surface area (Å²) in [7, 11) is 0. The van der Waals surface area contributed by atoms with E-state index >= 15 is 0 Å². The summed E-state index contributed by atoms with van der Waals surface area (Å²) < 4.78 is 11.0. The van der Waals surface area contributed by atoms with Crippen LogP contribution in [0.25, 0.3) is 0 Å². The van der Waals surface area contributed by atoms with E-state index < -0.39 is 0 Å². The number of benzene rings is 1. The molecule has 0 aromatic heterocycles. The van der Waals surface area contributed by atoms with Crippen molar-refractivity contribution in [2.45, 2.75) is 44.7 Å². The molecule has 0 bridgehead atoms. The van der Waals surface area contributed by atoms with Gasteiger partial charge >= 0.3 is 6.03 Å². The smallest absolute Gasteiger partial charge is 0.315 e. The lowest BCUT2D eigenvalue weighted by Gasteiger charge is -2.23. The molecule has 1 fully saturated rings. The molecule has 0 atom stereocenters. The fourth-order valence-corrected chi connectivity index (χ4v) is 2.86. The highest BCUT2D eigenvalue weighted by Crippen LogP contribution is 2.30. The van der Waals surface area contributed by atoms with Crippen LogP contribution in [0.5, 0.6) is 11.5 Å². The van der Waals surface area contributed by atoms with Crippen molar-refractivity contribution in [2.75, 3.05) is 13.2 Å². The molecular formula is C16H22N2O3. The Morgan fingerprint density at radius 2 is 1.86 bits per heavy atom. The zero-order valence-electron chi connectivity index (χ0n) is 12.2. The van der Waals surface area contributed by atoms with E-state index in [1.54, 1.807) is 0 Å². The van der Waals surface area contributed by atoms with E-state index in [2.05, 4.69) is 10.6 Å². The van der Waals surface area contributed by atoms with Crippen molar-refractivity contribution in [3.63, 3.8) is 0 Å². The largest absolute Gasteiger partial charge is 0.486 e. The average molecular weight is 290 g/mol. The molecule has 5 nitrogen and oxygen atoms in total. The fourth-order valence-electron chi connectivity index (χ4n) is 2.86. The van der Waals surface area contributed by atoms with Gasteiger partial charge in [-0.15, -0.1) is 0 Å². The first-order valence-electron chi connectivity index (χ1n) is 7.74. The highest BCUT2D eigenvalue weighted by molar-refractivity contribution is 5.74. The molecule has 21 heavy (non-hydrogen) atoms. The second kappa shape index (κ2) is 6.70. The predicted molar refractivity (Wildman–Crippen MR) is 79.7 cm³/mol. The number of urea groups is 1. The molecule has 3 rings (SSSR count). The van der Waals surface area contributed by atoms with Gasteiger partial charge in [0.25, 0.3) is 0 Å². The Labute approximate surface area is 125 Å². The SMILES string of the molecule is O=C(NCc1ccc2c(c1)OCCO2)NC1CCCCC1. The van der Waals surface area contributed by atoms with Gasteiger partial charge in [0.1, 0.15) is 13.2 Å². The van der Waals surface area contributed by atoms with Crippen molar-refractivity contribution in [3.8, 4) is 11.5 Å². The number of hydrogen-bond donors (Lipinski definition) is 2. The van der Waals surface area contributed by atoms with Gasteiger partial charge in [0.05, 0.1) is 0 Å². The molecule has 1 aromatic rings. The van der Waals surface area contributed by atoms with Crippen molar-refractivity contribution >= 4 is 6.03 Å². The van der Waals surface area contributed by atoms with E-state index in [1.807, 2.05) is 18.2 Å². The summed E-state index contributed by atoms with van der Waals surface area (Å²) in [6.07, 6.45) is 5.91. The second-order valence-electron chi connectivity index (χ2n) is 5.64. The third-order valence-electron chi connectivity index (χ3n) is 4.00. The van der Waals surface area contributed by atoms with Crippen molar-refractivity contribution in [1.82, 2.24) is 10.6 Å². The van der Waals surface area contributed by atoms with Crippen LogP contribution in [0.2, 0.25) is 0 Å². The third-order valence-corrected chi connectivity index (χ3v) is 4.00. The van der Waals surface area contributed by atoms with E-state index in [4.69, 9.17) is 9.47 Å². The standard InChI is InChI=1S/C16H22N2O3/c19-16(18-13-4-2-1-3-5-13)17-11-12-6-7-14-15(10-12)21-9-8-20-14/h6-7,10,13H,1-5,8-9,11H2,(H2,17,18,19). The minimum atomic E-state index is -0.0863. The van der Waals surface area contributed by atoms with E-state index in [1.165, 1.54) is 19.3 Å². The normalized spacial score (nSPS) is 18.1. The summed E-state index contributed by atoms with van der Waals surface area (Å²) in [5, 5.41) is 5.95. The molecular weight excluding hydrogens is 268 g/mol. The Morgan fingerprint density at radius 3 is 2.67 bits per heavy atom. The van der Waals surface area contributed by atoms with Crippen LogP contribution >= 0.6 is 0 Å². The van der Waals surface area contributed by atoms with Crippen LogP contribution in [-0.2, 0) is 6.54 Å². The van der Waals surface area contributed by atoms with E-state index in [0.29, 0.717) is 25.8 Å². The lowest BCUT2D eigenvalue weighted by Crippen LogP contribution is -2.42. The summed E-state index contributed by atoms with van der Waals surface area (Å²) in [5.41, 5.74) is 1.01.